The molecule has 3 aromatic rings. The summed E-state index contributed by atoms with van der Waals surface area (Å²) in [7, 11) is 0. The highest BCUT2D eigenvalue weighted by molar-refractivity contribution is 7.27. The van der Waals surface area contributed by atoms with E-state index in [0.29, 0.717) is 24.2 Å². The monoisotopic (exact) mass is 498 g/mol. The Morgan fingerprint density at radius 2 is 1.45 bits per heavy atom. The van der Waals surface area contributed by atoms with Crippen molar-refractivity contribution in [2.75, 3.05) is 13.1 Å². The van der Waals surface area contributed by atoms with E-state index in [0.717, 1.165) is 21.1 Å². The van der Waals surface area contributed by atoms with Gasteiger partial charge in [-0.3, -0.25) is 0 Å². The number of rotatable bonds is 3. The van der Waals surface area contributed by atoms with Gasteiger partial charge in [-0.15, -0.1) is 34.0 Å². The number of aryl methyl sites for hydroxylation is 2. The number of nitrogens with zero attached hydrogens (tertiary/aromatic N) is 1. The smallest absolute Gasteiger partial charge is 0.225 e. The number of fused-ring (bicyclic) bond motifs is 1. The lowest BCUT2D eigenvalue weighted by Crippen LogP contribution is -2.33. The minimum Gasteiger partial charge on any atom is -0.225 e. The number of hydrogen-bond donors (Lipinski definition) is 0. The van der Waals surface area contributed by atoms with Gasteiger partial charge in [0.15, 0.2) is 0 Å². The molecule has 2 amide bonds. The van der Waals surface area contributed by atoms with Crippen molar-refractivity contribution in [3.63, 3.8) is 0 Å². The van der Waals surface area contributed by atoms with E-state index in [-0.39, 0.29) is 27.1 Å². The second-order valence-corrected chi connectivity index (χ2v) is 14.6. The van der Waals surface area contributed by atoms with E-state index in [4.69, 9.17) is 0 Å². The zero-order valence-corrected chi connectivity index (χ0v) is 23.2. The molecule has 0 radical (unpaired) electrons. The van der Waals surface area contributed by atoms with E-state index in [1.54, 1.807) is 22.7 Å². The molecule has 5 rings (SSSR count). The number of carbonyl (C=O) groups is 2. The van der Waals surface area contributed by atoms with Crippen molar-refractivity contribution in [1.82, 2.24) is 0 Å². The van der Waals surface area contributed by atoms with Gasteiger partial charge in [0.25, 0.3) is 0 Å². The fraction of sp³-hybridized carbons (Fsp3) is 0.481. The SMILES string of the molecule is CCc1cc(-c2sc(C(C)(C)C)c3c2C(=O)[N+]2(CC2)C3=O)sc1-c1sc(C(C)(C)C)cc1C. The zero-order valence-electron chi connectivity index (χ0n) is 20.8. The first-order valence-electron chi connectivity index (χ1n) is 11.7. The molecule has 0 aliphatic carbocycles. The van der Waals surface area contributed by atoms with E-state index in [1.807, 2.05) is 11.3 Å². The summed E-state index contributed by atoms with van der Waals surface area (Å²) in [5, 5.41) is 0. The van der Waals surface area contributed by atoms with Crippen molar-refractivity contribution in [3.05, 3.63) is 44.1 Å². The van der Waals surface area contributed by atoms with E-state index >= 15 is 0 Å². The molecule has 0 N–H and O–H groups in total. The van der Waals surface area contributed by atoms with Gasteiger partial charge in [0.2, 0.25) is 0 Å². The van der Waals surface area contributed by atoms with Crippen molar-refractivity contribution in [2.45, 2.75) is 72.6 Å². The Labute approximate surface area is 208 Å². The number of hydrogen-bond acceptors (Lipinski definition) is 5. The molecule has 1 saturated heterocycles. The molecule has 0 bridgehead atoms. The van der Waals surface area contributed by atoms with Gasteiger partial charge in [-0.25, -0.2) is 9.59 Å². The van der Waals surface area contributed by atoms with Crippen LogP contribution in [0.25, 0.3) is 19.5 Å². The van der Waals surface area contributed by atoms with Gasteiger partial charge in [0.1, 0.15) is 24.2 Å². The molecule has 1 spiro atoms. The van der Waals surface area contributed by atoms with Gasteiger partial charge >= 0.3 is 11.8 Å². The van der Waals surface area contributed by atoms with E-state index in [2.05, 4.69) is 67.5 Å². The predicted molar refractivity (Wildman–Crippen MR) is 141 cm³/mol. The standard InChI is InChI=1S/C27H32NO2S3/c1-9-15-13-16(31-21(15)20-14(2)12-17(32-20)26(3,4)5)22-18-19(23(33-22)27(6,7)8)25(30)28(10-11-28)24(18)29/h12-13H,9-11H2,1-8H3/q+1. The molecule has 1 fully saturated rings. The molecule has 0 atom stereocenters. The molecule has 0 unspecified atom stereocenters. The van der Waals surface area contributed by atoms with E-state index in [1.165, 1.54) is 25.8 Å². The minimum atomic E-state index is -0.174. The average molecular weight is 499 g/mol. The molecule has 3 aromatic heterocycles. The van der Waals surface area contributed by atoms with Crippen LogP contribution >= 0.6 is 34.0 Å². The summed E-state index contributed by atoms with van der Waals surface area (Å²) in [6, 6.07) is 4.60. The van der Waals surface area contributed by atoms with Crippen LogP contribution < -0.4 is 0 Å². The Hall–Kier alpha value is -1.60. The summed E-state index contributed by atoms with van der Waals surface area (Å²) in [6.45, 7) is 18.9. The third kappa shape index (κ3) is 3.36. The quantitative estimate of drug-likeness (QED) is 0.210. The maximum Gasteiger partial charge on any atom is 0.356 e. The van der Waals surface area contributed by atoms with Crippen LogP contribution in [0.1, 0.15) is 90.1 Å². The summed E-state index contributed by atoms with van der Waals surface area (Å²) >= 11 is 5.35. The van der Waals surface area contributed by atoms with E-state index in [9.17, 15) is 9.59 Å². The lowest BCUT2D eigenvalue weighted by molar-refractivity contribution is -0.613. The molecule has 33 heavy (non-hydrogen) atoms. The van der Waals surface area contributed by atoms with E-state index < -0.39 is 0 Å². The van der Waals surface area contributed by atoms with Crippen LogP contribution in [-0.2, 0) is 17.3 Å². The molecule has 2 aliphatic rings. The van der Waals surface area contributed by atoms with Crippen LogP contribution in [0.4, 0.5) is 0 Å². The summed E-state index contributed by atoms with van der Waals surface area (Å²) in [5.41, 5.74) is 4.00. The maximum absolute atomic E-state index is 13.5. The van der Waals surface area contributed by atoms with Crippen molar-refractivity contribution in [1.29, 1.82) is 0 Å². The highest BCUT2D eigenvalue weighted by atomic mass is 32.1. The number of imide groups is 1. The highest BCUT2D eigenvalue weighted by Crippen LogP contribution is 2.53. The fourth-order valence-electron chi connectivity index (χ4n) is 4.64. The summed E-state index contributed by atoms with van der Waals surface area (Å²) in [6.07, 6.45) is 0.945. The lowest BCUT2D eigenvalue weighted by Gasteiger charge is -2.17. The van der Waals surface area contributed by atoms with Gasteiger partial charge in [0.05, 0.1) is 4.88 Å². The van der Waals surface area contributed by atoms with Crippen LogP contribution in [0.3, 0.4) is 0 Å². The first kappa shape index (κ1) is 23.2. The topological polar surface area (TPSA) is 34.1 Å². The van der Waals surface area contributed by atoms with Gasteiger partial charge < -0.3 is 0 Å². The first-order chi connectivity index (χ1) is 15.3. The Morgan fingerprint density at radius 1 is 0.818 bits per heavy atom. The first-order valence-corrected chi connectivity index (χ1v) is 14.1. The van der Waals surface area contributed by atoms with Crippen molar-refractivity contribution >= 4 is 45.8 Å². The minimum absolute atomic E-state index is 0.0200. The lowest BCUT2D eigenvalue weighted by atomic mass is 9.90. The number of amides is 2. The van der Waals surface area contributed by atoms with Crippen LogP contribution in [0.5, 0.6) is 0 Å². The summed E-state index contributed by atoms with van der Waals surface area (Å²) < 4.78 is 0.0200. The Morgan fingerprint density at radius 3 is 1.97 bits per heavy atom. The van der Waals surface area contributed by atoms with Crippen LogP contribution in [0.2, 0.25) is 0 Å². The maximum atomic E-state index is 13.5. The third-order valence-corrected chi connectivity index (χ3v) is 11.5. The molecule has 2 aliphatic heterocycles. The average Bonchev–Trinajstić information content (AvgIpc) is 2.99. The van der Waals surface area contributed by atoms with Crippen molar-refractivity contribution in [2.24, 2.45) is 0 Å². The van der Waals surface area contributed by atoms with Crippen molar-refractivity contribution in [3.8, 4) is 19.5 Å². The second-order valence-electron chi connectivity index (χ2n) is 11.5. The molecule has 0 saturated carbocycles. The summed E-state index contributed by atoms with van der Waals surface area (Å²) in [5.74, 6) is 0.0471. The van der Waals surface area contributed by atoms with Crippen molar-refractivity contribution < 1.29 is 14.1 Å². The zero-order chi connectivity index (χ0) is 24.1. The molecule has 6 heteroatoms. The van der Waals surface area contributed by atoms with Gasteiger partial charge in [-0.1, -0.05) is 48.5 Å². The molecular formula is C27H32NO2S3+. The second kappa shape index (κ2) is 7.20. The van der Waals surface area contributed by atoms with Crippen LogP contribution in [0.15, 0.2) is 12.1 Å². The molecule has 3 nitrogen and oxygen atoms in total. The summed E-state index contributed by atoms with van der Waals surface area (Å²) in [4.78, 5) is 34.1. The van der Waals surface area contributed by atoms with Gasteiger partial charge in [-0.05, 0) is 47.4 Å². The Kier molecular flexibility index (Phi) is 5.05. The Bertz CT molecular complexity index is 1320. The fourth-order valence-corrected chi connectivity index (χ4v) is 8.80. The van der Waals surface area contributed by atoms with Crippen LogP contribution in [0, 0.1) is 6.92 Å². The molecule has 174 valence electrons. The largest absolute Gasteiger partial charge is 0.356 e. The molecular weight excluding hydrogens is 467 g/mol. The molecule has 5 heterocycles. The predicted octanol–water partition coefficient (Wildman–Crippen LogP) is 7.80. The molecule has 0 aromatic carbocycles. The van der Waals surface area contributed by atoms with Crippen LogP contribution in [-0.4, -0.2) is 29.4 Å². The van der Waals surface area contributed by atoms with Gasteiger partial charge in [-0.2, -0.15) is 4.48 Å². The number of carbonyl (C=O) groups excluding carboxylic acids is 2. The number of thiophene rings is 3. The third-order valence-electron chi connectivity index (χ3n) is 6.74. The highest BCUT2D eigenvalue weighted by Gasteiger charge is 2.66. The normalized spacial score (nSPS) is 17.3. The Balaban J connectivity index is 1.70. The van der Waals surface area contributed by atoms with Gasteiger partial charge in [0, 0.05) is 24.4 Å². The number of quaternary nitrogens is 1.